The van der Waals surface area contributed by atoms with Crippen LogP contribution in [0.4, 0.5) is 0 Å². The van der Waals surface area contributed by atoms with Crippen molar-refractivity contribution in [2.75, 3.05) is 7.05 Å². The molecule has 0 aliphatic heterocycles. The molecule has 1 aliphatic carbocycles. The monoisotopic (exact) mass is 303 g/mol. The van der Waals surface area contributed by atoms with Crippen molar-refractivity contribution >= 4 is 11.8 Å². The van der Waals surface area contributed by atoms with Gasteiger partial charge in [-0.3, -0.25) is 0 Å². The highest BCUT2D eigenvalue weighted by Crippen LogP contribution is 2.35. The second-order valence-corrected chi connectivity index (χ2v) is 6.88. The van der Waals surface area contributed by atoms with Gasteiger partial charge in [0, 0.05) is 11.3 Å². The molecular formula is C15H21N5S. The van der Waals surface area contributed by atoms with Crippen LogP contribution in [0.25, 0.3) is 5.69 Å². The van der Waals surface area contributed by atoms with Gasteiger partial charge < -0.3 is 5.32 Å². The Morgan fingerprint density at radius 2 is 2.05 bits per heavy atom. The second kappa shape index (κ2) is 6.58. The van der Waals surface area contributed by atoms with Crippen LogP contribution >= 0.6 is 11.8 Å². The Morgan fingerprint density at radius 1 is 1.24 bits per heavy atom. The van der Waals surface area contributed by atoms with Gasteiger partial charge in [-0.2, -0.15) is 4.68 Å². The van der Waals surface area contributed by atoms with Gasteiger partial charge in [-0.1, -0.05) is 36.9 Å². The summed E-state index contributed by atoms with van der Waals surface area (Å²) in [6.07, 6.45) is 3.73. The summed E-state index contributed by atoms with van der Waals surface area (Å²) >= 11 is 1.79. The van der Waals surface area contributed by atoms with E-state index in [-0.39, 0.29) is 0 Å². The van der Waals surface area contributed by atoms with Gasteiger partial charge in [0.2, 0.25) is 5.16 Å². The maximum Gasteiger partial charge on any atom is 0.214 e. The molecular weight excluding hydrogens is 282 g/mol. The molecule has 1 aromatic heterocycles. The SMILES string of the molecule is CNC1CCC(C)CC1Sc1nnnn1-c1ccccc1. The molecule has 1 saturated carbocycles. The second-order valence-electron chi connectivity index (χ2n) is 5.68. The summed E-state index contributed by atoms with van der Waals surface area (Å²) in [5.74, 6) is 0.771. The van der Waals surface area contributed by atoms with Gasteiger partial charge in [0.05, 0.1) is 5.69 Å². The number of nitrogens with zero attached hydrogens (tertiary/aromatic N) is 4. The average molecular weight is 303 g/mol. The Hall–Kier alpha value is -1.40. The highest BCUT2D eigenvalue weighted by molar-refractivity contribution is 7.99. The molecule has 0 amide bonds. The molecule has 6 heteroatoms. The first kappa shape index (κ1) is 14.5. The molecule has 3 rings (SSSR count). The van der Waals surface area contributed by atoms with Gasteiger partial charge >= 0.3 is 0 Å². The van der Waals surface area contributed by atoms with Crippen molar-refractivity contribution in [3.8, 4) is 5.69 Å². The number of thioether (sulfide) groups is 1. The molecule has 5 nitrogen and oxygen atoms in total. The smallest absolute Gasteiger partial charge is 0.214 e. The van der Waals surface area contributed by atoms with Crippen LogP contribution in [-0.4, -0.2) is 38.5 Å². The number of hydrogen-bond donors (Lipinski definition) is 1. The van der Waals surface area contributed by atoms with Crippen molar-refractivity contribution in [3.05, 3.63) is 30.3 Å². The number of para-hydroxylation sites is 1. The molecule has 0 radical (unpaired) electrons. The van der Waals surface area contributed by atoms with Crippen LogP contribution in [0.1, 0.15) is 26.2 Å². The molecule has 2 aromatic rings. The minimum absolute atomic E-state index is 0.521. The minimum Gasteiger partial charge on any atom is -0.316 e. The van der Waals surface area contributed by atoms with Crippen LogP contribution in [0.2, 0.25) is 0 Å². The summed E-state index contributed by atoms with van der Waals surface area (Å²) in [6, 6.07) is 10.6. The van der Waals surface area contributed by atoms with Gasteiger partial charge in [0.15, 0.2) is 0 Å². The van der Waals surface area contributed by atoms with Crippen molar-refractivity contribution in [1.82, 2.24) is 25.5 Å². The van der Waals surface area contributed by atoms with E-state index in [0.717, 1.165) is 16.8 Å². The van der Waals surface area contributed by atoms with E-state index in [0.29, 0.717) is 11.3 Å². The van der Waals surface area contributed by atoms with Crippen molar-refractivity contribution in [2.24, 2.45) is 5.92 Å². The summed E-state index contributed by atoms with van der Waals surface area (Å²) < 4.78 is 1.83. The highest BCUT2D eigenvalue weighted by atomic mass is 32.2. The third-order valence-corrected chi connectivity index (χ3v) is 5.41. The van der Waals surface area contributed by atoms with Crippen molar-refractivity contribution < 1.29 is 0 Å². The number of benzene rings is 1. The Balaban J connectivity index is 1.80. The van der Waals surface area contributed by atoms with E-state index < -0.39 is 0 Å². The Labute approximate surface area is 129 Å². The lowest BCUT2D eigenvalue weighted by Gasteiger charge is -2.33. The molecule has 112 valence electrons. The van der Waals surface area contributed by atoms with Crippen molar-refractivity contribution in [1.29, 1.82) is 0 Å². The molecule has 0 bridgehead atoms. The largest absolute Gasteiger partial charge is 0.316 e. The maximum absolute atomic E-state index is 4.22. The Morgan fingerprint density at radius 3 is 2.81 bits per heavy atom. The fraction of sp³-hybridized carbons (Fsp3) is 0.533. The molecule has 0 spiro atoms. The van der Waals surface area contributed by atoms with Gasteiger partial charge in [-0.25, -0.2) is 0 Å². The lowest BCUT2D eigenvalue weighted by atomic mass is 9.87. The van der Waals surface area contributed by atoms with E-state index >= 15 is 0 Å². The van der Waals surface area contributed by atoms with Crippen LogP contribution in [0, 0.1) is 5.92 Å². The normalized spacial score (nSPS) is 25.9. The summed E-state index contributed by atoms with van der Waals surface area (Å²) in [4.78, 5) is 0. The summed E-state index contributed by atoms with van der Waals surface area (Å²) in [7, 11) is 2.05. The zero-order valence-electron chi connectivity index (χ0n) is 12.4. The lowest BCUT2D eigenvalue weighted by Crippen LogP contribution is -2.40. The fourth-order valence-corrected chi connectivity index (χ4v) is 4.37. The summed E-state index contributed by atoms with van der Waals surface area (Å²) in [5, 5.41) is 17.1. The number of rotatable bonds is 4. The average Bonchev–Trinajstić information content (AvgIpc) is 2.96. The van der Waals surface area contributed by atoms with Gasteiger partial charge in [0.1, 0.15) is 0 Å². The highest BCUT2D eigenvalue weighted by Gasteiger charge is 2.30. The molecule has 1 aromatic carbocycles. The summed E-state index contributed by atoms with van der Waals surface area (Å²) in [6.45, 7) is 2.33. The van der Waals surface area contributed by atoms with Crippen LogP contribution in [0.5, 0.6) is 0 Å². The molecule has 1 heterocycles. The van der Waals surface area contributed by atoms with Crippen LogP contribution in [0.15, 0.2) is 35.5 Å². The van der Waals surface area contributed by atoms with E-state index in [1.165, 1.54) is 19.3 Å². The number of aromatic nitrogens is 4. The Kier molecular flexibility index (Phi) is 4.55. The van der Waals surface area contributed by atoms with Gasteiger partial charge in [-0.05, 0) is 54.8 Å². The number of nitrogens with one attached hydrogen (secondary N) is 1. The first-order valence-corrected chi connectivity index (χ1v) is 8.33. The van der Waals surface area contributed by atoms with Crippen LogP contribution < -0.4 is 5.32 Å². The quantitative estimate of drug-likeness (QED) is 0.940. The molecule has 1 N–H and O–H groups in total. The van der Waals surface area contributed by atoms with Gasteiger partial charge in [-0.15, -0.1) is 5.10 Å². The first-order chi connectivity index (χ1) is 10.3. The molecule has 21 heavy (non-hydrogen) atoms. The van der Waals surface area contributed by atoms with E-state index in [1.54, 1.807) is 11.8 Å². The lowest BCUT2D eigenvalue weighted by molar-refractivity contribution is 0.328. The Bertz CT molecular complexity index is 570. The summed E-state index contributed by atoms with van der Waals surface area (Å²) in [5.41, 5.74) is 1.01. The zero-order chi connectivity index (χ0) is 14.7. The standard InChI is InChI=1S/C15H21N5S/c1-11-8-9-13(16-2)14(10-11)21-15-17-18-19-20(15)12-6-4-3-5-7-12/h3-7,11,13-14,16H,8-10H2,1-2H3. The minimum atomic E-state index is 0.521. The number of tetrazole rings is 1. The predicted molar refractivity (Wildman–Crippen MR) is 84.7 cm³/mol. The first-order valence-electron chi connectivity index (χ1n) is 7.45. The molecule has 1 fully saturated rings. The van der Waals surface area contributed by atoms with E-state index in [9.17, 15) is 0 Å². The number of hydrogen-bond acceptors (Lipinski definition) is 5. The van der Waals surface area contributed by atoms with E-state index in [2.05, 4.69) is 27.8 Å². The maximum atomic E-state index is 4.22. The zero-order valence-corrected chi connectivity index (χ0v) is 13.3. The van der Waals surface area contributed by atoms with Gasteiger partial charge in [0.25, 0.3) is 0 Å². The van der Waals surface area contributed by atoms with E-state index in [4.69, 9.17) is 0 Å². The van der Waals surface area contributed by atoms with Crippen molar-refractivity contribution in [2.45, 2.75) is 42.6 Å². The third-order valence-electron chi connectivity index (χ3n) is 4.12. The van der Waals surface area contributed by atoms with Crippen LogP contribution in [-0.2, 0) is 0 Å². The van der Waals surface area contributed by atoms with E-state index in [1.807, 2.05) is 42.1 Å². The molecule has 3 atom stereocenters. The molecule has 1 aliphatic rings. The third kappa shape index (κ3) is 3.27. The van der Waals surface area contributed by atoms with Crippen molar-refractivity contribution in [3.63, 3.8) is 0 Å². The molecule has 3 unspecified atom stereocenters. The topological polar surface area (TPSA) is 55.6 Å². The fourth-order valence-electron chi connectivity index (χ4n) is 2.91. The van der Waals surface area contributed by atoms with Crippen LogP contribution in [0.3, 0.4) is 0 Å². The predicted octanol–water partition coefficient (Wildman–Crippen LogP) is 2.53. The molecule has 0 saturated heterocycles.